The number of hydrogen-bond donors (Lipinski definition) is 1. The summed E-state index contributed by atoms with van der Waals surface area (Å²) < 4.78 is 1.99. The fourth-order valence-corrected chi connectivity index (χ4v) is 4.73. The summed E-state index contributed by atoms with van der Waals surface area (Å²) in [5.41, 5.74) is 2.06. The number of amides is 1. The fraction of sp³-hybridized carbons (Fsp3) is 0.333. The van der Waals surface area contributed by atoms with E-state index in [-0.39, 0.29) is 11.8 Å². The number of nitrogens with zero attached hydrogens (tertiary/aromatic N) is 3. The van der Waals surface area contributed by atoms with Crippen molar-refractivity contribution in [3.8, 4) is 0 Å². The number of hydrogen-bond acceptors (Lipinski definition) is 5. The number of fused-ring (bicyclic) bond motifs is 1. The molecule has 0 fully saturated rings. The second-order valence-corrected chi connectivity index (χ2v) is 8.35. The van der Waals surface area contributed by atoms with E-state index in [1.807, 2.05) is 35.5 Å². The minimum Gasteiger partial charge on any atom is -0.351 e. The minimum atomic E-state index is -0.184. The lowest BCUT2D eigenvalue weighted by molar-refractivity contribution is -0.123. The van der Waals surface area contributed by atoms with Gasteiger partial charge in [0.05, 0.1) is 30.2 Å². The molecule has 1 unspecified atom stereocenters. The van der Waals surface area contributed by atoms with Gasteiger partial charge in [-0.15, -0.1) is 22.7 Å². The zero-order chi connectivity index (χ0) is 17.2. The number of carbonyl (C=O) groups is 1. The average Bonchev–Trinajstić information content (AvgIpc) is 3.35. The van der Waals surface area contributed by atoms with Crippen LogP contribution in [0.1, 0.15) is 27.1 Å². The van der Waals surface area contributed by atoms with Gasteiger partial charge in [0, 0.05) is 36.4 Å². The van der Waals surface area contributed by atoms with E-state index in [9.17, 15) is 4.79 Å². The molecule has 1 atom stereocenters. The molecule has 0 bridgehead atoms. The Morgan fingerprint density at radius 1 is 1.28 bits per heavy atom. The first kappa shape index (κ1) is 16.5. The number of carbonyl (C=O) groups excluding carboxylic acids is 1. The lowest BCUT2D eigenvalue weighted by Crippen LogP contribution is -2.41. The van der Waals surface area contributed by atoms with Crippen LogP contribution in [0.5, 0.6) is 0 Å². The fourth-order valence-electron chi connectivity index (χ4n) is 3.34. The SMILES string of the molecule is Cn1cnc2c1C(C(=O)NCc1cccs1)CN(Cc1cccs1)C2. The number of nitrogens with one attached hydrogen (secondary N) is 1. The molecule has 7 heteroatoms. The van der Waals surface area contributed by atoms with Crippen LogP contribution in [0.2, 0.25) is 0 Å². The van der Waals surface area contributed by atoms with Crippen molar-refractivity contribution in [2.75, 3.05) is 6.54 Å². The molecule has 25 heavy (non-hydrogen) atoms. The molecule has 0 radical (unpaired) electrons. The summed E-state index contributed by atoms with van der Waals surface area (Å²) in [7, 11) is 1.97. The van der Waals surface area contributed by atoms with Crippen molar-refractivity contribution in [1.29, 1.82) is 0 Å². The zero-order valence-electron chi connectivity index (χ0n) is 14.0. The van der Waals surface area contributed by atoms with Gasteiger partial charge in [-0.1, -0.05) is 12.1 Å². The van der Waals surface area contributed by atoms with E-state index in [2.05, 4.69) is 32.7 Å². The first-order chi connectivity index (χ1) is 12.2. The van der Waals surface area contributed by atoms with Gasteiger partial charge in [-0.25, -0.2) is 4.98 Å². The summed E-state index contributed by atoms with van der Waals surface area (Å²) in [6, 6.07) is 8.27. The van der Waals surface area contributed by atoms with Crippen LogP contribution in [-0.4, -0.2) is 26.9 Å². The standard InChI is InChI=1S/C18H20N4OS2/c1-21-12-20-16-11-22(9-14-5-3-7-25-14)10-15(17(16)21)18(23)19-8-13-4-2-6-24-13/h2-7,12,15H,8-11H2,1H3,(H,19,23). The van der Waals surface area contributed by atoms with Crippen LogP contribution in [0.15, 0.2) is 41.4 Å². The Balaban J connectivity index is 1.51. The second-order valence-electron chi connectivity index (χ2n) is 6.29. The van der Waals surface area contributed by atoms with Crippen LogP contribution < -0.4 is 5.32 Å². The number of rotatable bonds is 5. The summed E-state index contributed by atoms with van der Waals surface area (Å²) >= 11 is 3.42. The smallest absolute Gasteiger partial charge is 0.230 e. The summed E-state index contributed by atoms with van der Waals surface area (Å²) in [5.74, 6) is -0.106. The molecule has 0 aliphatic carbocycles. The van der Waals surface area contributed by atoms with Crippen molar-refractivity contribution in [2.24, 2.45) is 7.05 Å². The number of imidazole rings is 1. The van der Waals surface area contributed by atoms with Gasteiger partial charge in [-0.2, -0.15) is 0 Å². The molecule has 1 aliphatic heterocycles. The van der Waals surface area contributed by atoms with Gasteiger partial charge in [-0.3, -0.25) is 9.69 Å². The average molecular weight is 373 g/mol. The maximum atomic E-state index is 12.9. The van der Waals surface area contributed by atoms with E-state index in [0.717, 1.165) is 31.0 Å². The molecule has 4 rings (SSSR count). The van der Waals surface area contributed by atoms with Gasteiger partial charge in [0.2, 0.25) is 5.91 Å². The molecule has 3 aromatic rings. The Labute approximate surface area is 154 Å². The van der Waals surface area contributed by atoms with Gasteiger partial charge in [0.1, 0.15) is 0 Å². The van der Waals surface area contributed by atoms with Crippen LogP contribution in [-0.2, 0) is 31.5 Å². The van der Waals surface area contributed by atoms with Gasteiger partial charge < -0.3 is 9.88 Å². The Kier molecular flexibility index (Phi) is 4.70. The predicted octanol–water partition coefficient (Wildman–Crippen LogP) is 2.96. The van der Waals surface area contributed by atoms with Crippen LogP contribution in [0.25, 0.3) is 0 Å². The Hall–Kier alpha value is -1.96. The van der Waals surface area contributed by atoms with Gasteiger partial charge in [-0.05, 0) is 22.9 Å². The van der Waals surface area contributed by atoms with E-state index in [1.165, 1.54) is 9.75 Å². The lowest BCUT2D eigenvalue weighted by atomic mass is 9.97. The van der Waals surface area contributed by atoms with E-state index < -0.39 is 0 Å². The highest BCUT2D eigenvalue weighted by atomic mass is 32.1. The van der Waals surface area contributed by atoms with E-state index in [0.29, 0.717) is 6.54 Å². The molecule has 0 spiro atoms. The maximum Gasteiger partial charge on any atom is 0.230 e. The molecule has 0 aromatic carbocycles. The summed E-state index contributed by atoms with van der Waals surface area (Å²) in [6.45, 7) is 2.97. The first-order valence-electron chi connectivity index (χ1n) is 8.25. The monoisotopic (exact) mass is 372 g/mol. The van der Waals surface area contributed by atoms with Crippen LogP contribution in [0, 0.1) is 0 Å². The van der Waals surface area contributed by atoms with E-state index >= 15 is 0 Å². The van der Waals surface area contributed by atoms with Gasteiger partial charge >= 0.3 is 0 Å². The van der Waals surface area contributed by atoms with E-state index in [4.69, 9.17) is 0 Å². The van der Waals surface area contributed by atoms with Crippen molar-refractivity contribution in [2.45, 2.75) is 25.6 Å². The van der Waals surface area contributed by atoms with E-state index in [1.54, 1.807) is 22.7 Å². The number of aromatic nitrogens is 2. The quantitative estimate of drug-likeness (QED) is 0.749. The highest BCUT2D eigenvalue weighted by Gasteiger charge is 2.33. The molecular formula is C18H20N4OS2. The largest absolute Gasteiger partial charge is 0.351 e. The summed E-state index contributed by atoms with van der Waals surface area (Å²) in [4.78, 5) is 22.2. The second kappa shape index (κ2) is 7.11. The molecular weight excluding hydrogens is 352 g/mol. The molecule has 1 N–H and O–H groups in total. The third-order valence-corrected chi connectivity index (χ3v) is 6.24. The highest BCUT2D eigenvalue weighted by molar-refractivity contribution is 7.10. The number of thiophene rings is 2. The van der Waals surface area contributed by atoms with Crippen molar-refractivity contribution in [1.82, 2.24) is 19.8 Å². The van der Waals surface area contributed by atoms with Crippen molar-refractivity contribution in [3.63, 3.8) is 0 Å². The number of aryl methyl sites for hydroxylation is 1. The minimum absolute atomic E-state index is 0.0779. The van der Waals surface area contributed by atoms with Crippen molar-refractivity contribution in [3.05, 3.63) is 62.5 Å². The highest BCUT2D eigenvalue weighted by Crippen LogP contribution is 2.29. The third kappa shape index (κ3) is 3.53. The summed E-state index contributed by atoms with van der Waals surface area (Å²) in [5, 5.41) is 7.22. The van der Waals surface area contributed by atoms with Crippen LogP contribution in [0.4, 0.5) is 0 Å². The van der Waals surface area contributed by atoms with Crippen LogP contribution in [0.3, 0.4) is 0 Å². The Morgan fingerprint density at radius 3 is 2.76 bits per heavy atom. The molecule has 1 amide bonds. The molecule has 130 valence electrons. The molecule has 0 saturated heterocycles. The molecule has 4 heterocycles. The Bertz CT molecular complexity index is 839. The van der Waals surface area contributed by atoms with Gasteiger partial charge in [0.25, 0.3) is 0 Å². The maximum absolute atomic E-state index is 12.9. The van der Waals surface area contributed by atoms with Crippen LogP contribution >= 0.6 is 22.7 Å². The molecule has 3 aromatic heterocycles. The van der Waals surface area contributed by atoms with Crippen molar-refractivity contribution < 1.29 is 4.79 Å². The molecule has 0 saturated carbocycles. The summed E-state index contributed by atoms with van der Waals surface area (Å²) in [6.07, 6.45) is 1.82. The predicted molar refractivity (Wildman–Crippen MR) is 101 cm³/mol. The molecule has 1 aliphatic rings. The van der Waals surface area contributed by atoms with Crippen molar-refractivity contribution >= 4 is 28.6 Å². The van der Waals surface area contributed by atoms with Gasteiger partial charge in [0.15, 0.2) is 0 Å². The Morgan fingerprint density at radius 2 is 2.04 bits per heavy atom. The first-order valence-corrected chi connectivity index (χ1v) is 10.0. The zero-order valence-corrected chi connectivity index (χ0v) is 15.6. The third-order valence-electron chi connectivity index (χ3n) is 4.50. The molecule has 5 nitrogen and oxygen atoms in total. The normalized spacial score (nSPS) is 17.4. The topological polar surface area (TPSA) is 50.2 Å². The lowest BCUT2D eigenvalue weighted by Gasteiger charge is -2.31.